The molecule has 2 aromatic carbocycles. The van der Waals surface area contributed by atoms with E-state index in [9.17, 15) is 0 Å². The van der Waals surface area contributed by atoms with Gasteiger partial charge in [0.05, 0.1) is 17.2 Å². The molecule has 0 fully saturated rings. The summed E-state index contributed by atoms with van der Waals surface area (Å²) in [6.45, 7) is 2.49. The van der Waals surface area contributed by atoms with Crippen molar-refractivity contribution in [2.75, 3.05) is 6.61 Å². The normalized spacial score (nSPS) is 14.0. The highest BCUT2D eigenvalue weighted by atomic mass is 16.5. The van der Waals surface area contributed by atoms with Crippen LogP contribution < -0.4 is 4.74 Å². The van der Waals surface area contributed by atoms with Gasteiger partial charge in [-0.3, -0.25) is 0 Å². The van der Waals surface area contributed by atoms with E-state index in [4.69, 9.17) is 4.74 Å². The predicted octanol–water partition coefficient (Wildman–Crippen LogP) is 3.65. The Balaban J connectivity index is 1.70. The van der Waals surface area contributed by atoms with Crippen molar-refractivity contribution in [1.29, 1.82) is 0 Å². The molecule has 0 aliphatic carbocycles. The minimum atomic E-state index is 0.534. The fourth-order valence-corrected chi connectivity index (χ4v) is 2.62. The van der Waals surface area contributed by atoms with E-state index < -0.39 is 0 Å². The minimum Gasteiger partial charge on any atom is -0.488 e. The van der Waals surface area contributed by atoms with Crippen LogP contribution in [-0.2, 0) is 0 Å². The smallest absolute Gasteiger partial charge is 0.128 e. The average molecular weight is 289 g/mol. The van der Waals surface area contributed by atoms with Gasteiger partial charge in [-0.2, -0.15) is 5.10 Å². The highest BCUT2D eigenvalue weighted by molar-refractivity contribution is 5.88. The van der Waals surface area contributed by atoms with Gasteiger partial charge in [0, 0.05) is 11.1 Å². The molecule has 4 heteroatoms. The first-order chi connectivity index (χ1) is 10.8. The summed E-state index contributed by atoms with van der Waals surface area (Å²) in [5.74, 6) is 1.79. The second-order valence-electron chi connectivity index (χ2n) is 5.25. The van der Waals surface area contributed by atoms with Gasteiger partial charge in [-0.25, -0.2) is 9.66 Å². The van der Waals surface area contributed by atoms with Crippen LogP contribution in [0.2, 0.25) is 0 Å². The summed E-state index contributed by atoms with van der Waals surface area (Å²) < 4.78 is 7.60. The van der Waals surface area contributed by atoms with Crippen LogP contribution in [0.25, 0.3) is 17.1 Å². The number of aryl methyl sites for hydroxylation is 1. The second-order valence-corrected chi connectivity index (χ2v) is 5.25. The van der Waals surface area contributed by atoms with E-state index in [2.05, 4.69) is 16.2 Å². The number of para-hydroxylation sites is 3. The minimum absolute atomic E-state index is 0.534. The Morgan fingerprint density at radius 2 is 1.95 bits per heavy atom. The largest absolute Gasteiger partial charge is 0.488 e. The Kier molecular flexibility index (Phi) is 3.00. The first-order valence-electron chi connectivity index (χ1n) is 7.22. The zero-order chi connectivity index (χ0) is 14.9. The Morgan fingerprint density at radius 1 is 1.14 bits per heavy atom. The summed E-state index contributed by atoms with van der Waals surface area (Å²) in [6, 6.07) is 16.0. The Bertz CT molecular complexity index is 906. The molecule has 1 aliphatic rings. The fourth-order valence-electron chi connectivity index (χ4n) is 2.62. The van der Waals surface area contributed by atoms with Crippen LogP contribution in [0, 0.1) is 6.92 Å². The summed E-state index contributed by atoms with van der Waals surface area (Å²) in [4.78, 5) is 4.51. The zero-order valence-electron chi connectivity index (χ0n) is 12.2. The maximum Gasteiger partial charge on any atom is 0.128 e. The molecule has 4 nitrogen and oxygen atoms in total. The molecule has 1 aliphatic heterocycles. The van der Waals surface area contributed by atoms with E-state index in [0.717, 1.165) is 33.7 Å². The fraction of sp³-hybridized carbons (Fsp3) is 0.111. The van der Waals surface area contributed by atoms with Crippen LogP contribution in [-0.4, -0.2) is 22.5 Å². The van der Waals surface area contributed by atoms with Gasteiger partial charge in [-0.15, -0.1) is 0 Å². The predicted molar refractivity (Wildman–Crippen MR) is 88.3 cm³/mol. The van der Waals surface area contributed by atoms with E-state index in [-0.39, 0.29) is 0 Å². The summed E-state index contributed by atoms with van der Waals surface area (Å²) in [5.41, 5.74) is 4.09. The molecule has 2 heterocycles. The van der Waals surface area contributed by atoms with Gasteiger partial charge in [0.1, 0.15) is 18.2 Å². The molecule has 108 valence electrons. The number of ether oxygens (including phenoxy) is 1. The van der Waals surface area contributed by atoms with Crippen molar-refractivity contribution >= 4 is 23.3 Å². The number of imidazole rings is 1. The van der Waals surface area contributed by atoms with E-state index in [1.807, 2.05) is 66.3 Å². The lowest BCUT2D eigenvalue weighted by molar-refractivity contribution is 0.353. The van der Waals surface area contributed by atoms with Gasteiger partial charge >= 0.3 is 0 Å². The molecule has 0 radical (unpaired) electrons. The first kappa shape index (κ1) is 12.8. The summed E-state index contributed by atoms with van der Waals surface area (Å²) in [7, 11) is 0. The topological polar surface area (TPSA) is 39.4 Å². The van der Waals surface area contributed by atoms with Gasteiger partial charge in [0.25, 0.3) is 0 Å². The van der Waals surface area contributed by atoms with Gasteiger partial charge < -0.3 is 4.74 Å². The third kappa shape index (κ3) is 2.19. The number of nitrogens with zero attached hydrogens (tertiary/aromatic N) is 3. The van der Waals surface area contributed by atoms with Crippen LogP contribution >= 0.6 is 0 Å². The molecule has 0 saturated heterocycles. The lowest BCUT2D eigenvalue weighted by Crippen LogP contribution is -2.08. The van der Waals surface area contributed by atoms with Crippen LogP contribution in [0.3, 0.4) is 0 Å². The quantitative estimate of drug-likeness (QED) is 0.675. The van der Waals surface area contributed by atoms with Crippen molar-refractivity contribution in [3.8, 4) is 5.75 Å². The number of hydrogen-bond donors (Lipinski definition) is 0. The van der Waals surface area contributed by atoms with E-state index in [0.29, 0.717) is 6.61 Å². The van der Waals surface area contributed by atoms with Crippen molar-refractivity contribution in [2.45, 2.75) is 6.92 Å². The standard InChI is InChI=1S/C18H15N3O/c1-13-20-16-7-3-4-8-17(16)21(13)19-11-14-10-15-6-2-5-9-18(15)22-12-14/h2-11H,12H2,1H3/b19-11+. The lowest BCUT2D eigenvalue weighted by Gasteiger charge is -2.15. The molecule has 0 amide bonds. The average Bonchev–Trinajstić information content (AvgIpc) is 2.88. The molecule has 4 rings (SSSR count). The zero-order valence-corrected chi connectivity index (χ0v) is 12.2. The molecule has 0 spiro atoms. The van der Waals surface area contributed by atoms with E-state index in [1.54, 1.807) is 0 Å². The van der Waals surface area contributed by atoms with E-state index >= 15 is 0 Å². The highest BCUT2D eigenvalue weighted by Crippen LogP contribution is 2.25. The van der Waals surface area contributed by atoms with Gasteiger partial charge in [0.15, 0.2) is 0 Å². The van der Waals surface area contributed by atoms with Crippen LogP contribution in [0.1, 0.15) is 11.4 Å². The van der Waals surface area contributed by atoms with Gasteiger partial charge in [-0.05, 0) is 31.2 Å². The van der Waals surface area contributed by atoms with Crippen LogP contribution in [0.15, 0.2) is 59.2 Å². The lowest BCUT2D eigenvalue weighted by atomic mass is 10.1. The van der Waals surface area contributed by atoms with Crippen molar-refractivity contribution in [3.05, 3.63) is 65.5 Å². The van der Waals surface area contributed by atoms with Crippen LogP contribution in [0.5, 0.6) is 5.75 Å². The molecular formula is C18H15N3O. The van der Waals surface area contributed by atoms with Crippen molar-refractivity contribution in [2.24, 2.45) is 5.10 Å². The molecule has 3 aromatic rings. The first-order valence-corrected chi connectivity index (χ1v) is 7.22. The SMILES string of the molecule is Cc1nc2ccccc2n1/N=C/C1=Cc2ccccc2OC1. The number of aromatic nitrogens is 2. The summed E-state index contributed by atoms with van der Waals surface area (Å²) in [6.07, 6.45) is 3.95. The molecule has 1 aromatic heterocycles. The third-order valence-electron chi connectivity index (χ3n) is 3.69. The Labute approximate surface area is 128 Å². The summed E-state index contributed by atoms with van der Waals surface area (Å²) in [5, 5.41) is 4.57. The number of rotatable bonds is 2. The molecule has 0 saturated carbocycles. The van der Waals surface area contributed by atoms with Crippen molar-refractivity contribution in [1.82, 2.24) is 9.66 Å². The number of fused-ring (bicyclic) bond motifs is 2. The van der Waals surface area contributed by atoms with Gasteiger partial charge in [-0.1, -0.05) is 30.3 Å². The van der Waals surface area contributed by atoms with E-state index in [1.165, 1.54) is 0 Å². The van der Waals surface area contributed by atoms with Gasteiger partial charge in [0.2, 0.25) is 0 Å². The van der Waals surface area contributed by atoms with Crippen molar-refractivity contribution in [3.63, 3.8) is 0 Å². The number of hydrogen-bond acceptors (Lipinski definition) is 3. The molecule has 0 N–H and O–H groups in total. The maximum absolute atomic E-state index is 5.74. The number of benzene rings is 2. The molecule has 0 unspecified atom stereocenters. The Morgan fingerprint density at radius 3 is 2.91 bits per heavy atom. The highest BCUT2D eigenvalue weighted by Gasteiger charge is 2.10. The third-order valence-corrected chi connectivity index (χ3v) is 3.69. The molecule has 0 atom stereocenters. The Hall–Kier alpha value is -2.88. The van der Waals surface area contributed by atoms with Crippen LogP contribution in [0.4, 0.5) is 0 Å². The maximum atomic E-state index is 5.74. The molecule has 22 heavy (non-hydrogen) atoms. The second kappa shape index (κ2) is 5.15. The summed E-state index contributed by atoms with van der Waals surface area (Å²) >= 11 is 0. The molecule has 0 bridgehead atoms. The monoisotopic (exact) mass is 289 g/mol. The van der Waals surface area contributed by atoms with Crippen molar-refractivity contribution < 1.29 is 4.74 Å². The molecular weight excluding hydrogens is 274 g/mol.